The molecule has 5 atom stereocenters. The Bertz CT molecular complexity index is 1770. The number of ether oxygens (including phenoxy) is 3. The fraction of sp³-hybridized carbons (Fsp3) is 0.484. The molecular formula is C31H38N5O12P. The van der Waals surface area contributed by atoms with Crippen molar-refractivity contribution in [2.24, 2.45) is 11.8 Å². The molecule has 0 bridgehead atoms. The molecule has 2 aromatic heterocycles. The number of carboxylic acid groups (broad SMARTS) is 2. The lowest BCUT2D eigenvalue weighted by atomic mass is 9.75. The number of aromatic nitrogens is 3. The van der Waals surface area contributed by atoms with Crippen LogP contribution in [0.3, 0.4) is 0 Å². The van der Waals surface area contributed by atoms with E-state index >= 15 is 0 Å². The number of nitriles is 1. The van der Waals surface area contributed by atoms with Gasteiger partial charge in [-0.2, -0.15) is 10.4 Å². The third kappa shape index (κ3) is 8.65. The normalized spacial score (nSPS) is 21.9. The number of anilines is 1. The zero-order chi connectivity index (χ0) is 36.1. The second-order valence-corrected chi connectivity index (χ2v) is 14.1. The lowest BCUT2D eigenvalue weighted by molar-refractivity contribution is -0.142. The summed E-state index contributed by atoms with van der Waals surface area (Å²) in [5, 5.41) is 34.4. The number of carboxylic acids is 2. The van der Waals surface area contributed by atoms with E-state index in [1.807, 2.05) is 26.8 Å². The average Bonchev–Trinajstić information content (AvgIpc) is 3.56. The van der Waals surface area contributed by atoms with Gasteiger partial charge in [-0.3, -0.25) is 14.1 Å². The van der Waals surface area contributed by atoms with E-state index < -0.39 is 81.8 Å². The number of phosphoric ester groups is 1. The summed E-state index contributed by atoms with van der Waals surface area (Å²) in [5.74, 6) is -4.97. The van der Waals surface area contributed by atoms with E-state index in [9.17, 15) is 34.4 Å². The molecule has 17 nitrogen and oxygen atoms in total. The molecule has 49 heavy (non-hydrogen) atoms. The maximum Gasteiger partial charge on any atom is 0.533 e. The van der Waals surface area contributed by atoms with E-state index in [0.717, 1.165) is 11.9 Å². The van der Waals surface area contributed by atoms with Crippen LogP contribution in [0.1, 0.15) is 58.7 Å². The van der Waals surface area contributed by atoms with Crippen LogP contribution in [0.4, 0.5) is 10.6 Å². The topological polar surface area (TPSA) is 244 Å². The number of carbonyl (C=O) groups excluding carboxylic acids is 1. The van der Waals surface area contributed by atoms with Crippen LogP contribution in [0.5, 0.6) is 5.75 Å². The second kappa shape index (κ2) is 14.8. The number of phosphoric acid groups is 1. The van der Waals surface area contributed by atoms with Crippen molar-refractivity contribution in [1.82, 2.24) is 14.6 Å². The highest BCUT2D eigenvalue weighted by atomic mass is 31.2. The molecule has 3 aromatic rings. The van der Waals surface area contributed by atoms with Crippen LogP contribution in [0.15, 0.2) is 42.7 Å². The number of nitrogen functional groups attached to an aromatic ring is 1. The van der Waals surface area contributed by atoms with Gasteiger partial charge in [-0.25, -0.2) is 23.4 Å². The Morgan fingerprint density at radius 2 is 1.78 bits per heavy atom. The van der Waals surface area contributed by atoms with Gasteiger partial charge in [-0.05, 0) is 49.1 Å². The molecule has 0 saturated carbocycles. The van der Waals surface area contributed by atoms with Crippen molar-refractivity contribution in [2.75, 3.05) is 19.1 Å². The Labute approximate surface area is 281 Å². The predicted molar refractivity (Wildman–Crippen MR) is 169 cm³/mol. The number of benzene rings is 1. The fourth-order valence-electron chi connectivity index (χ4n) is 5.51. The Morgan fingerprint density at radius 3 is 2.37 bits per heavy atom. The molecule has 1 aliphatic rings. The first kappa shape index (κ1) is 37.1. The van der Waals surface area contributed by atoms with Crippen molar-refractivity contribution >= 4 is 37.3 Å². The largest absolute Gasteiger partial charge is 0.533 e. The fourth-order valence-corrected chi connectivity index (χ4v) is 6.58. The number of hydrogen-bond acceptors (Lipinski definition) is 14. The summed E-state index contributed by atoms with van der Waals surface area (Å²) in [6.45, 7) is 7.56. The number of nitrogens with two attached hydrogens (primary N) is 1. The molecule has 1 fully saturated rings. The molecule has 18 heteroatoms. The number of fused-ring (bicyclic) bond motifs is 1. The number of aliphatic carboxylic acids is 2. The molecule has 3 heterocycles. The molecule has 0 spiro atoms. The van der Waals surface area contributed by atoms with Gasteiger partial charge in [0, 0.05) is 11.8 Å². The standard InChI is InChI=1S/C31H38N5O12P/c1-18(2)46-29(41)43-17-45-49(42,48-20-8-6-19(7-9-20)30(3,4)5)44-14-24-21(12-26(37)38)22(13-27(39)40)31(15-32,47-24)25-11-10-23-28(33)34-16-35-36(23)25/h6-11,16,18,21-22,24H,12-14,17H2,1-5H3,(H,37,38)(H,39,40)(H2,33,34,35)/t21-,22-,24+,31-,49+/m1/s1. The Morgan fingerprint density at radius 1 is 1.10 bits per heavy atom. The third-order valence-corrected chi connectivity index (χ3v) is 9.06. The van der Waals surface area contributed by atoms with Crippen LogP contribution < -0.4 is 10.3 Å². The summed E-state index contributed by atoms with van der Waals surface area (Å²) >= 11 is 0. The molecule has 264 valence electrons. The van der Waals surface area contributed by atoms with Gasteiger partial charge in [0.1, 0.15) is 23.7 Å². The molecule has 0 amide bonds. The van der Waals surface area contributed by atoms with Crippen LogP contribution >= 0.6 is 7.82 Å². The molecule has 0 aliphatic carbocycles. The van der Waals surface area contributed by atoms with Crippen LogP contribution in [-0.2, 0) is 48.4 Å². The van der Waals surface area contributed by atoms with Crippen molar-refractivity contribution in [3.05, 3.63) is 54.0 Å². The minimum absolute atomic E-state index is 0.0579. The zero-order valence-corrected chi connectivity index (χ0v) is 28.4. The highest BCUT2D eigenvalue weighted by molar-refractivity contribution is 7.48. The summed E-state index contributed by atoms with van der Waals surface area (Å²) < 4.78 is 47.8. The number of nitrogens with zero attached hydrogens (tertiary/aromatic N) is 4. The van der Waals surface area contributed by atoms with E-state index in [1.54, 1.807) is 26.0 Å². The lowest BCUT2D eigenvalue weighted by Gasteiger charge is -2.28. The van der Waals surface area contributed by atoms with Crippen molar-refractivity contribution in [3.8, 4) is 11.8 Å². The van der Waals surface area contributed by atoms with E-state index in [1.165, 1.54) is 28.8 Å². The van der Waals surface area contributed by atoms with Gasteiger partial charge in [0.2, 0.25) is 6.79 Å². The SMILES string of the molecule is CC(C)OC(=O)OCO[P@](=O)(OC[C@@H]1O[C@@](C#N)(c2ccc3c(N)ncnn23)[C@H](CC(=O)O)[C@H]1CC(=O)O)Oc1ccc(C(C)(C)C)cc1. The molecule has 4 N–H and O–H groups in total. The second-order valence-electron chi connectivity index (χ2n) is 12.5. The smallest absolute Gasteiger partial charge is 0.481 e. The number of carbonyl (C=O) groups is 3. The summed E-state index contributed by atoms with van der Waals surface area (Å²) in [6.07, 6.45) is -3.19. The van der Waals surface area contributed by atoms with Crippen LogP contribution in [0.25, 0.3) is 5.52 Å². The summed E-state index contributed by atoms with van der Waals surface area (Å²) in [5.41, 5.74) is 4.98. The zero-order valence-electron chi connectivity index (χ0n) is 27.5. The van der Waals surface area contributed by atoms with E-state index in [-0.39, 0.29) is 22.7 Å². The van der Waals surface area contributed by atoms with Crippen molar-refractivity contribution < 1.29 is 56.9 Å². The molecule has 1 saturated heterocycles. The Hall–Kier alpha value is -4.75. The Kier molecular flexibility index (Phi) is 11.2. The number of rotatable bonds is 14. The van der Waals surface area contributed by atoms with Gasteiger partial charge in [0.15, 0.2) is 11.4 Å². The van der Waals surface area contributed by atoms with Crippen LogP contribution in [0, 0.1) is 23.2 Å². The van der Waals surface area contributed by atoms with Gasteiger partial charge in [0.25, 0.3) is 0 Å². The summed E-state index contributed by atoms with van der Waals surface area (Å²) in [7, 11) is -4.71. The van der Waals surface area contributed by atoms with Gasteiger partial charge in [-0.15, -0.1) is 0 Å². The lowest BCUT2D eigenvalue weighted by Crippen LogP contribution is -2.36. The average molecular weight is 704 g/mol. The third-order valence-electron chi connectivity index (χ3n) is 7.74. The van der Waals surface area contributed by atoms with Gasteiger partial charge in [-0.1, -0.05) is 32.9 Å². The maximum atomic E-state index is 14.0. The first-order valence-corrected chi connectivity index (χ1v) is 16.6. The van der Waals surface area contributed by atoms with Crippen molar-refractivity contribution in [3.63, 3.8) is 0 Å². The summed E-state index contributed by atoms with van der Waals surface area (Å²) in [4.78, 5) is 40.0. The molecule has 0 radical (unpaired) electrons. The molecular weight excluding hydrogens is 665 g/mol. The summed E-state index contributed by atoms with van der Waals surface area (Å²) in [6, 6.07) is 11.5. The van der Waals surface area contributed by atoms with Gasteiger partial charge >= 0.3 is 25.9 Å². The minimum atomic E-state index is -4.71. The quantitative estimate of drug-likeness (QED) is 0.117. The molecule has 1 aliphatic heterocycles. The van der Waals surface area contributed by atoms with E-state index in [2.05, 4.69) is 10.1 Å². The maximum absolute atomic E-state index is 14.0. The van der Waals surface area contributed by atoms with Crippen molar-refractivity contribution in [2.45, 2.75) is 70.7 Å². The van der Waals surface area contributed by atoms with Crippen LogP contribution in [-0.4, -0.2) is 68.5 Å². The van der Waals surface area contributed by atoms with Gasteiger partial charge in [0.05, 0.1) is 37.4 Å². The molecule has 0 unspecified atom stereocenters. The minimum Gasteiger partial charge on any atom is -0.481 e. The van der Waals surface area contributed by atoms with E-state index in [0.29, 0.717) is 5.52 Å². The first-order valence-electron chi connectivity index (χ1n) is 15.1. The molecule has 4 rings (SSSR count). The van der Waals surface area contributed by atoms with E-state index in [4.69, 9.17) is 33.5 Å². The first-order chi connectivity index (χ1) is 23.0. The van der Waals surface area contributed by atoms with Crippen LogP contribution in [0.2, 0.25) is 0 Å². The van der Waals surface area contributed by atoms with Crippen molar-refractivity contribution in [1.29, 1.82) is 5.26 Å². The van der Waals surface area contributed by atoms with Gasteiger partial charge < -0.3 is 34.7 Å². The molecule has 1 aromatic carbocycles. The predicted octanol–water partition coefficient (Wildman–Crippen LogP) is 4.65. The number of hydrogen-bond donors (Lipinski definition) is 3. The highest BCUT2D eigenvalue weighted by Crippen LogP contribution is 2.54. The highest BCUT2D eigenvalue weighted by Gasteiger charge is 2.59. The monoisotopic (exact) mass is 703 g/mol. The Balaban J connectivity index is 1.69.